The summed E-state index contributed by atoms with van der Waals surface area (Å²) >= 11 is 6.00. The van der Waals surface area contributed by atoms with Crippen molar-refractivity contribution >= 4 is 22.6 Å². The molecule has 0 radical (unpaired) electrons. The zero-order valence-electron chi connectivity index (χ0n) is 14.9. The van der Waals surface area contributed by atoms with Gasteiger partial charge in [0, 0.05) is 31.0 Å². The van der Waals surface area contributed by atoms with Crippen molar-refractivity contribution in [2.75, 3.05) is 7.05 Å². The van der Waals surface area contributed by atoms with E-state index in [1.54, 1.807) is 28.7 Å². The highest BCUT2D eigenvalue weighted by Crippen LogP contribution is 2.15. The van der Waals surface area contributed by atoms with Gasteiger partial charge in [-0.15, -0.1) is 0 Å². The first-order valence-corrected chi connectivity index (χ1v) is 10.0. The predicted molar refractivity (Wildman–Crippen MR) is 107 cm³/mol. The first kappa shape index (κ1) is 19.3. The molecule has 0 bridgehead atoms. The molecule has 0 aliphatic carbocycles. The first-order valence-electron chi connectivity index (χ1n) is 8.38. The molecule has 138 valence electrons. The molecule has 0 N–H and O–H groups in total. The van der Waals surface area contributed by atoms with Crippen molar-refractivity contribution in [3.63, 3.8) is 0 Å². The molecule has 3 aromatic rings. The molecule has 0 amide bonds. The van der Waals surface area contributed by atoms with E-state index in [4.69, 9.17) is 16.9 Å². The first-order chi connectivity index (χ1) is 13.0. The number of hydrogen-bond donors (Lipinski definition) is 0. The summed E-state index contributed by atoms with van der Waals surface area (Å²) in [5.74, 6) is 1.24. The maximum atomic E-state index is 12.6. The quantitative estimate of drug-likeness (QED) is 0.608. The zero-order chi connectivity index (χ0) is 19.2. The van der Waals surface area contributed by atoms with E-state index < -0.39 is 11.0 Å². The summed E-state index contributed by atoms with van der Waals surface area (Å²) in [7, 11) is 0.638. The van der Waals surface area contributed by atoms with Crippen molar-refractivity contribution in [2.45, 2.75) is 18.8 Å². The van der Waals surface area contributed by atoms with Crippen LogP contribution in [-0.4, -0.2) is 25.1 Å². The Balaban J connectivity index is 1.64. The highest BCUT2D eigenvalue weighted by Gasteiger charge is 2.13. The monoisotopic (exact) mass is 398 g/mol. The van der Waals surface area contributed by atoms with Crippen LogP contribution >= 0.6 is 11.6 Å². The minimum absolute atomic E-state index is 0.410. The van der Waals surface area contributed by atoms with Gasteiger partial charge in [0.05, 0.1) is 34.9 Å². The number of hydrogen-bond acceptors (Lipinski definition) is 3. The number of halogens is 1. The van der Waals surface area contributed by atoms with Gasteiger partial charge in [-0.1, -0.05) is 35.9 Å². The van der Waals surface area contributed by atoms with Gasteiger partial charge in [0.2, 0.25) is 0 Å². The molecular formula is C20H19ClN4OS. The Hall–Kier alpha value is -2.46. The molecular weight excluding hydrogens is 380 g/mol. The number of aromatic nitrogens is 2. The predicted octanol–water partition coefficient (Wildman–Crippen LogP) is 3.75. The fourth-order valence-electron chi connectivity index (χ4n) is 2.67. The zero-order valence-corrected chi connectivity index (χ0v) is 16.5. The highest BCUT2D eigenvalue weighted by molar-refractivity contribution is 7.81. The molecule has 27 heavy (non-hydrogen) atoms. The molecule has 0 spiro atoms. The highest BCUT2D eigenvalue weighted by atomic mass is 35.5. The van der Waals surface area contributed by atoms with Gasteiger partial charge in [-0.25, -0.2) is 13.5 Å². The Morgan fingerprint density at radius 3 is 2.70 bits per heavy atom. The molecule has 7 heteroatoms. The number of rotatable bonds is 7. The molecule has 1 aromatic heterocycles. The second kappa shape index (κ2) is 8.96. The molecule has 0 aliphatic rings. The molecule has 5 nitrogen and oxygen atoms in total. The Kier molecular flexibility index (Phi) is 6.40. The third-order valence-electron chi connectivity index (χ3n) is 4.13. The maximum absolute atomic E-state index is 12.6. The number of nitrogens with zero attached hydrogens (tertiary/aromatic N) is 4. The van der Waals surface area contributed by atoms with Gasteiger partial charge >= 0.3 is 0 Å². The largest absolute Gasteiger partial charge is 0.329 e. The van der Waals surface area contributed by atoms with E-state index in [0.717, 1.165) is 17.0 Å². The molecule has 2 aromatic carbocycles. The third-order valence-corrected chi connectivity index (χ3v) is 5.77. The van der Waals surface area contributed by atoms with Crippen molar-refractivity contribution in [1.29, 1.82) is 5.26 Å². The Bertz CT molecular complexity index is 978. The molecule has 0 fully saturated rings. The summed E-state index contributed by atoms with van der Waals surface area (Å²) in [5, 5.41) is 9.54. The SMILES string of the molecule is CN(Cc1nccn1Cc1ccc(C#N)cc1)S(=O)Cc1cccc(Cl)c1. The van der Waals surface area contributed by atoms with Crippen LogP contribution in [0.15, 0.2) is 60.9 Å². The maximum Gasteiger partial charge on any atom is 0.124 e. The second-order valence-corrected chi connectivity index (χ2v) is 8.15. The van der Waals surface area contributed by atoms with Crippen LogP contribution in [0, 0.1) is 11.3 Å². The van der Waals surface area contributed by atoms with E-state index in [-0.39, 0.29) is 0 Å². The fraction of sp³-hybridized carbons (Fsp3) is 0.200. The van der Waals surface area contributed by atoms with Crippen LogP contribution in [0.3, 0.4) is 0 Å². The lowest BCUT2D eigenvalue weighted by Gasteiger charge is -2.17. The summed E-state index contributed by atoms with van der Waals surface area (Å²) in [6.07, 6.45) is 3.65. The van der Waals surface area contributed by atoms with E-state index in [1.165, 1.54) is 0 Å². The molecule has 1 unspecified atom stereocenters. The summed E-state index contributed by atoms with van der Waals surface area (Å²) in [6.45, 7) is 1.12. The minimum atomic E-state index is -1.18. The van der Waals surface area contributed by atoms with Crippen LogP contribution in [0.4, 0.5) is 0 Å². The Labute approximate surface area is 166 Å². The second-order valence-electron chi connectivity index (χ2n) is 6.16. The van der Waals surface area contributed by atoms with Gasteiger partial charge in [0.15, 0.2) is 0 Å². The molecule has 0 aliphatic heterocycles. The minimum Gasteiger partial charge on any atom is -0.329 e. The van der Waals surface area contributed by atoms with E-state index in [0.29, 0.717) is 29.4 Å². The molecule has 3 rings (SSSR count). The average molecular weight is 399 g/mol. The van der Waals surface area contributed by atoms with Crippen molar-refractivity contribution in [3.05, 3.63) is 88.5 Å². The van der Waals surface area contributed by atoms with Gasteiger partial charge in [-0.3, -0.25) is 0 Å². The lowest BCUT2D eigenvalue weighted by molar-refractivity contribution is 0.490. The lowest BCUT2D eigenvalue weighted by atomic mass is 10.1. The Morgan fingerprint density at radius 2 is 2.00 bits per heavy atom. The topological polar surface area (TPSA) is 61.9 Å². The van der Waals surface area contributed by atoms with Gasteiger partial charge in [-0.05, 0) is 35.4 Å². The van der Waals surface area contributed by atoms with Crippen LogP contribution in [0.5, 0.6) is 0 Å². The van der Waals surface area contributed by atoms with Crippen LogP contribution in [-0.2, 0) is 29.8 Å². The summed E-state index contributed by atoms with van der Waals surface area (Å²) in [5.41, 5.74) is 2.66. The van der Waals surface area contributed by atoms with Gasteiger partial charge in [-0.2, -0.15) is 5.26 Å². The van der Waals surface area contributed by atoms with Crippen LogP contribution < -0.4 is 0 Å². The number of nitriles is 1. The van der Waals surface area contributed by atoms with E-state index in [1.807, 2.05) is 48.1 Å². The van der Waals surface area contributed by atoms with Gasteiger partial charge in [0.1, 0.15) is 5.82 Å². The molecule has 1 atom stereocenters. The summed E-state index contributed by atoms with van der Waals surface area (Å²) < 4.78 is 16.4. The van der Waals surface area contributed by atoms with Crippen LogP contribution in [0.1, 0.15) is 22.5 Å². The average Bonchev–Trinajstić information content (AvgIpc) is 3.09. The summed E-state index contributed by atoms with van der Waals surface area (Å²) in [6, 6.07) is 17.0. The number of benzene rings is 2. The van der Waals surface area contributed by atoms with Crippen molar-refractivity contribution in [1.82, 2.24) is 13.9 Å². The fourth-order valence-corrected chi connectivity index (χ4v) is 3.83. The standard InChI is InChI=1S/C20H19ClN4OS/c1-24(27(26)15-18-3-2-4-19(21)11-18)14-20-23-9-10-25(20)13-17-7-5-16(12-22)6-8-17/h2-11H,13-15H2,1H3. The molecule has 1 heterocycles. The van der Waals surface area contributed by atoms with Crippen LogP contribution in [0.25, 0.3) is 0 Å². The summed E-state index contributed by atoms with van der Waals surface area (Å²) in [4.78, 5) is 4.40. The normalized spacial score (nSPS) is 12.1. The van der Waals surface area contributed by atoms with Crippen molar-refractivity contribution < 1.29 is 4.21 Å². The Morgan fingerprint density at radius 1 is 1.22 bits per heavy atom. The smallest absolute Gasteiger partial charge is 0.124 e. The molecule has 0 saturated carbocycles. The molecule has 0 saturated heterocycles. The van der Waals surface area contributed by atoms with E-state index in [2.05, 4.69) is 11.1 Å². The van der Waals surface area contributed by atoms with Crippen molar-refractivity contribution in [2.24, 2.45) is 0 Å². The van der Waals surface area contributed by atoms with Crippen molar-refractivity contribution in [3.8, 4) is 6.07 Å². The number of imidazole rings is 1. The van der Waals surface area contributed by atoms with Crippen LogP contribution in [0.2, 0.25) is 5.02 Å². The van der Waals surface area contributed by atoms with E-state index >= 15 is 0 Å². The van der Waals surface area contributed by atoms with Gasteiger partial charge in [0.25, 0.3) is 0 Å². The van der Waals surface area contributed by atoms with Gasteiger partial charge < -0.3 is 4.57 Å². The van der Waals surface area contributed by atoms with E-state index in [9.17, 15) is 4.21 Å². The third kappa shape index (κ3) is 5.27. The lowest BCUT2D eigenvalue weighted by Crippen LogP contribution is -2.24.